The van der Waals surface area contributed by atoms with Crippen LogP contribution in [0.1, 0.15) is 19.4 Å². The standard InChI is InChI=1S/C20H25NO4/c1-3-16-6-5-7-19(14-16)25-15-20(22)21-17-8-10-18(11-9-17)24-13-12-23-4-2/h5-11,14H,3-4,12-13,15H2,1-2H3,(H,21,22). The number of amides is 1. The predicted molar refractivity (Wildman–Crippen MR) is 98.4 cm³/mol. The molecule has 5 heteroatoms. The summed E-state index contributed by atoms with van der Waals surface area (Å²) in [5.41, 5.74) is 1.88. The fourth-order valence-corrected chi connectivity index (χ4v) is 2.20. The zero-order valence-electron chi connectivity index (χ0n) is 14.8. The van der Waals surface area contributed by atoms with E-state index in [4.69, 9.17) is 14.2 Å². The second-order valence-electron chi connectivity index (χ2n) is 5.41. The van der Waals surface area contributed by atoms with Crippen molar-refractivity contribution in [1.29, 1.82) is 0 Å². The van der Waals surface area contributed by atoms with E-state index in [1.165, 1.54) is 5.56 Å². The summed E-state index contributed by atoms with van der Waals surface area (Å²) in [6.45, 7) is 5.74. The molecule has 0 spiro atoms. The molecule has 2 aromatic carbocycles. The van der Waals surface area contributed by atoms with Gasteiger partial charge in [-0.1, -0.05) is 19.1 Å². The maximum absolute atomic E-state index is 12.0. The van der Waals surface area contributed by atoms with Crippen LogP contribution in [0.4, 0.5) is 5.69 Å². The average molecular weight is 343 g/mol. The minimum atomic E-state index is -0.202. The highest BCUT2D eigenvalue weighted by atomic mass is 16.5. The molecule has 0 aliphatic rings. The first kappa shape index (κ1) is 18.8. The van der Waals surface area contributed by atoms with Gasteiger partial charge >= 0.3 is 0 Å². The van der Waals surface area contributed by atoms with Gasteiger partial charge in [0.15, 0.2) is 6.61 Å². The Balaban J connectivity index is 1.76. The van der Waals surface area contributed by atoms with Gasteiger partial charge in [-0.3, -0.25) is 4.79 Å². The number of carbonyl (C=O) groups excluding carboxylic acids is 1. The van der Waals surface area contributed by atoms with Crippen molar-refractivity contribution in [3.8, 4) is 11.5 Å². The minimum absolute atomic E-state index is 0.0280. The first-order valence-electron chi connectivity index (χ1n) is 8.53. The number of benzene rings is 2. The highest BCUT2D eigenvalue weighted by Gasteiger charge is 2.05. The zero-order chi connectivity index (χ0) is 17.9. The molecule has 1 N–H and O–H groups in total. The van der Waals surface area contributed by atoms with E-state index < -0.39 is 0 Å². The molecule has 0 bridgehead atoms. The Bertz CT molecular complexity index is 655. The number of hydrogen-bond acceptors (Lipinski definition) is 4. The Morgan fingerprint density at radius 2 is 1.76 bits per heavy atom. The fraction of sp³-hybridized carbons (Fsp3) is 0.350. The molecule has 2 aromatic rings. The highest BCUT2D eigenvalue weighted by Crippen LogP contribution is 2.16. The van der Waals surface area contributed by atoms with E-state index in [2.05, 4.69) is 12.2 Å². The SMILES string of the molecule is CCOCCOc1ccc(NC(=O)COc2cccc(CC)c2)cc1. The van der Waals surface area contributed by atoms with E-state index in [0.29, 0.717) is 31.3 Å². The quantitative estimate of drug-likeness (QED) is 0.669. The lowest BCUT2D eigenvalue weighted by molar-refractivity contribution is -0.118. The second-order valence-corrected chi connectivity index (χ2v) is 5.41. The van der Waals surface area contributed by atoms with Crippen LogP contribution < -0.4 is 14.8 Å². The summed E-state index contributed by atoms with van der Waals surface area (Å²) in [5.74, 6) is 1.24. The molecule has 0 saturated carbocycles. The lowest BCUT2D eigenvalue weighted by Gasteiger charge is -2.10. The molecule has 0 aliphatic carbocycles. The van der Waals surface area contributed by atoms with Gasteiger partial charge in [0.05, 0.1) is 6.61 Å². The maximum Gasteiger partial charge on any atom is 0.262 e. The molecule has 0 aliphatic heterocycles. The number of nitrogens with one attached hydrogen (secondary N) is 1. The first-order chi connectivity index (χ1) is 12.2. The summed E-state index contributed by atoms with van der Waals surface area (Å²) in [6.07, 6.45) is 0.933. The van der Waals surface area contributed by atoms with Gasteiger partial charge in [0.1, 0.15) is 18.1 Å². The molecule has 0 heterocycles. The molecule has 0 aromatic heterocycles. The maximum atomic E-state index is 12.0. The second kappa shape index (κ2) is 10.4. The molecule has 0 fully saturated rings. The lowest BCUT2D eigenvalue weighted by Crippen LogP contribution is -2.20. The average Bonchev–Trinajstić information content (AvgIpc) is 2.65. The number of ether oxygens (including phenoxy) is 3. The van der Waals surface area contributed by atoms with Gasteiger partial charge in [0, 0.05) is 12.3 Å². The third-order valence-corrected chi connectivity index (χ3v) is 3.52. The largest absolute Gasteiger partial charge is 0.491 e. The van der Waals surface area contributed by atoms with Gasteiger partial charge in [-0.15, -0.1) is 0 Å². The Hall–Kier alpha value is -2.53. The monoisotopic (exact) mass is 343 g/mol. The first-order valence-corrected chi connectivity index (χ1v) is 8.53. The van der Waals surface area contributed by atoms with Crippen LogP contribution in [0, 0.1) is 0 Å². The molecule has 2 rings (SSSR count). The number of carbonyl (C=O) groups is 1. The van der Waals surface area contributed by atoms with E-state index in [-0.39, 0.29) is 12.5 Å². The third kappa shape index (κ3) is 6.85. The van der Waals surface area contributed by atoms with Crippen LogP contribution in [0.5, 0.6) is 11.5 Å². The van der Waals surface area contributed by atoms with E-state index in [1.54, 1.807) is 12.1 Å². The van der Waals surface area contributed by atoms with E-state index in [9.17, 15) is 4.79 Å². The van der Waals surface area contributed by atoms with Crippen molar-refractivity contribution in [3.63, 3.8) is 0 Å². The van der Waals surface area contributed by atoms with Crippen molar-refractivity contribution in [3.05, 3.63) is 54.1 Å². The topological polar surface area (TPSA) is 56.8 Å². The molecule has 0 atom stereocenters. The van der Waals surface area contributed by atoms with Crippen LogP contribution in [0.15, 0.2) is 48.5 Å². The number of aryl methyl sites for hydroxylation is 1. The third-order valence-electron chi connectivity index (χ3n) is 3.52. The fourth-order valence-electron chi connectivity index (χ4n) is 2.20. The van der Waals surface area contributed by atoms with Gasteiger partial charge in [0.25, 0.3) is 5.91 Å². The molecule has 0 unspecified atom stereocenters. The van der Waals surface area contributed by atoms with Gasteiger partial charge in [0.2, 0.25) is 0 Å². The molecule has 134 valence electrons. The van der Waals surface area contributed by atoms with Gasteiger partial charge in [-0.05, 0) is 55.3 Å². The van der Waals surface area contributed by atoms with E-state index in [1.807, 2.05) is 43.3 Å². The van der Waals surface area contributed by atoms with Crippen molar-refractivity contribution in [2.24, 2.45) is 0 Å². The smallest absolute Gasteiger partial charge is 0.262 e. The zero-order valence-corrected chi connectivity index (χ0v) is 14.8. The van der Waals surface area contributed by atoms with Crippen LogP contribution in [0.2, 0.25) is 0 Å². The van der Waals surface area contributed by atoms with Crippen LogP contribution in [-0.2, 0) is 16.0 Å². The van der Waals surface area contributed by atoms with Crippen molar-refractivity contribution in [1.82, 2.24) is 0 Å². The summed E-state index contributed by atoms with van der Waals surface area (Å²) >= 11 is 0. The van der Waals surface area contributed by atoms with Gasteiger partial charge in [-0.2, -0.15) is 0 Å². The molecular weight excluding hydrogens is 318 g/mol. The molecular formula is C20H25NO4. The van der Waals surface area contributed by atoms with Gasteiger partial charge < -0.3 is 19.5 Å². The summed E-state index contributed by atoms with van der Waals surface area (Å²) in [4.78, 5) is 12.0. The Labute approximate surface area is 148 Å². The van der Waals surface area contributed by atoms with Crippen molar-refractivity contribution in [2.75, 3.05) is 31.7 Å². The van der Waals surface area contributed by atoms with Crippen molar-refractivity contribution < 1.29 is 19.0 Å². The normalized spacial score (nSPS) is 10.3. The molecule has 0 saturated heterocycles. The summed E-state index contributed by atoms with van der Waals surface area (Å²) < 4.78 is 16.3. The number of anilines is 1. The summed E-state index contributed by atoms with van der Waals surface area (Å²) in [6, 6.07) is 15.0. The lowest BCUT2D eigenvalue weighted by atomic mass is 10.2. The van der Waals surface area contributed by atoms with Crippen LogP contribution >= 0.6 is 0 Å². The summed E-state index contributed by atoms with van der Waals surface area (Å²) in [7, 11) is 0. The Morgan fingerprint density at radius 3 is 2.48 bits per heavy atom. The molecule has 5 nitrogen and oxygen atoms in total. The minimum Gasteiger partial charge on any atom is -0.491 e. The molecule has 0 radical (unpaired) electrons. The van der Waals surface area contributed by atoms with Crippen molar-refractivity contribution >= 4 is 11.6 Å². The molecule has 25 heavy (non-hydrogen) atoms. The predicted octanol–water partition coefficient (Wildman–Crippen LogP) is 3.68. The Kier molecular flexibility index (Phi) is 7.79. The van der Waals surface area contributed by atoms with Crippen LogP contribution in [0.25, 0.3) is 0 Å². The Morgan fingerprint density at radius 1 is 0.960 bits per heavy atom. The summed E-state index contributed by atoms with van der Waals surface area (Å²) in [5, 5.41) is 2.80. The molecule has 1 amide bonds. The number of rotatable bonds is 10. The highest BCUT2D eigenvalue weighted by molar-refractivity contribution is 5.91. The van der Waals surface area contributed by atoms with Crippen LogP contribution in [0.3, 0.4) is 0 Å². The van der Waals surface area contributed by atoms with Crippen molar-refractivity contribution in [2.45, 2.75) is 20.3 Å². The van der Waals surface area contributed by atoms with Gasteiger partial charge in [-0.25, -0.2) is 0 Å². The van der Waals surface area contributed by atoms with E-state index >= 15 is 0 Å². The number of hydrogen-bond donors (Lipinski definition) is 1. The van der Waals surface area contributed by atoms with E-state index in [0.717, 1.165) is 12.2 Å². The van der Waals surface area contributed by atoms with Crippen LogP contribution in [-0.4, -0.2) is 32.3 Å².